The number of nitrogens with zero attached hydrogens (tertiary/aromatic N) is 2. The number of aromatic nitrogens is 2. The van der Waals surface area contributed by atoms with E-state index in [1.165, 1.54) is 36.1 Å². The lowest BCUT2D eigenvalue weighted by atomic mass is 9.79. The highest BCUT2D eigenvalue weighted by Gasteiger charge is 2.36. The summed E-state index contributed by atoms with van der Waals surface area (Å²) >= 11 is 1.38. The first-order chi connectivity index (χ1) is 16.4. The highest BCUT2D eigenvalue weighted by Crippen LogP contribution is 2.41. The van der Waals surface area contributed by atoms with Crippen molar-refractivity contribution >= 4 is 43.1 Å². The summed E-state index contributed by atoms with van der Waals surface area (Å²) < 4.78 is 23.5. The predicted octanol–water partition coefficient (Wildman–Crippen LogP) is 4.09. The summed E-state index contributed by atoms with van der Waals surface area (Å²) in [4.78, 5) is 23.5. The molecule has 5 rings (SSSR count). The van der Waals surface area contributed by atoms with E-state index < -0.39 is 9.84 Å². The van der Waals surface area contributed by atoms with Gasteiger partial charge in [-0.05, 0) is 43.2 Å². The van der Waals surface area contributed by atoms with Gasteiger partial charge in [0.15, 0.2) is 9.84 Å². The summed E-state index contributed by atoms with van der Waals surface area (Å²) in [6.45, 7) is 3.10. The SMILES string of the molecule is Cc1c(C(=O)NCC2(c3ccccc3)CCCC2)sc2ncnc(NC[C@H]3CCS(=O)(=O)C3)c12. The van der Waals surface area contributed by atoms with Crippen LogP contribution in [-0.4, -0.2) is 48.9 Å². The number of anilines is 1. The van der Waals surface area contributed by atoms with Gasteiger partial charge in [0.2, 0.25) is 0 Å². The van der Waals surface area contributed by atoms with Crippen LogP contribution in [0.1, 0.15) is 52.9 Å². The Morgan fingerprint density at radius 2 is 1.94 bits per heavy atom. The van der Waals surface area contributed by atoms with Crippen LogP contribution >= 0.6 is 11.3 Å². The Labute approximate surface area is 204 Å². The van der Waals surface area contributed by atoms with Crippen molar-refractivity contribution in [3.8, 4) is 0 Å². The molecule has 9 heteroatoms. The van der Waals surface area contributed by atoms with E-state index in [1.807, 2.05) is 13.0 Å². The fourth-order valence-corrected chi connectivity index (χ4v) is 8.36. The zero-order valence-electron chi connectivity index (χ0n) is 19.3. The quantitative estimate of drug-likeness (QED) is 0.509. The van der Waals surface area contributed by atoms with E-state index >= 15 is 0 Å². The fraction of sp³-hybridized carbons (Fsp3) is 0.480. The van der Waals surface area contributed by atoms with Crippen LogP contribution in [0.2, 0.25) is 0 Å². The first-order valence-corrected chi connectivity index (χ1v) is 14.5. The van der Waals surface area contributed by atoms with Crippen molar-refractivity contribution in [3.05, 3.63) is 52.7 Å². The number of nitrogens with one attached hydrogen (secondary N) is 2. The van der Waals surface area contributed by atoms with E-state index in [0.29, 0.717) is 30.2 Å². The predicted molar refractivity (Wildman–Crippen MR) is 136 cm³/mol. The maximum Gasteiger partial charge on any atom is 0.261 e. The number of amides is 1. The molecule has 34 heavy (non-hydrogen) atoms. The molecule has 2 fully saturated rings. The van der Waals surface area contributed by atoms with Crippen LogP contribution in [0, 0.1) is 12.8 Å². The monoisotopic (exact) mass is 498 g/mol. The van der Waals surface area contributed by atoms with Gasteiger partial charge in [-0.3, -0.25) is 4.79 Å². The zero-order valence-corrected chi connectivity index (χ0v) is 21.0. The molecule has 1 aliphatic heterocycles. The lowest BCUT2D eigenvalue weighted by molar-refractivity contribution is 0.0946. The van der Waals surface area contributed by atoms with Gasteiger partial charge in [0, 0.05) is 18.5 Å². The zero-order chi connectivity index (χ0) is 23.8. The summed E-state index contributed by atoms with van der Waals surface area (Å²) in [6.07, 6.45) is 6.69. The van der Waals surface area contributed by atoms with Gasteiger partial charge in [-0.1, -0.05) is 43.2 Å². The maximum absolute atomic E-state index is 13.3. The standard InChI is InChI=1S/C25H30N4O3S2/c1-17-20-22(26-13-18-9-12-34(31,32)14-18)28-16-29-24(20)33-21(17)23(30)27-15-25(10-5-6-11-25)19-7-3-2-4-8-19/h2-4,7-8,16,18H,5-6,9-15H2,1H3,(H,27,30)(H,26,28,29)/t18-/m1/s1. The van der Waals surface area contributed by atoms with Crippen molar-refractivity contribution in [2.24, 2.45) is 5.92 Å². The third kappa shape index (κ3) is 4.55. The number of sulfone groups is 1. The number of carbonyl (C=O) groups is 1. The van der Waals surface area contributed by atoms with Gasteiger partial charge in [-0.2, -0.15) is 0 Å². The second kappa shape index (κ2) is 9.26. The smallest absolute Gasteiger partial charge is 0.261 e. The molecule has 2 aromatic heterocycles. The van der Waals surface area contributed by atoms with Crippen molar-refractivity contribution in [2.75, 3.05) is 29.9 Å². The minimum Gasteiger partial charge on any atom is -0.369 e. The average molecular weight is 499 g/mol. The highest BCUT2D eigenvalue weighted by atomic mass is 32.2. The van der Waals surface area contributed by atoms with Gasteiger partial charge in [-0.15, -0.1) is 11.3 Å². The number of hydrogen-bond donors (Lipinski definition) is 2. The molecule has 3 aromatic rings. The molecular weight excluding hydrogens is 468 g/mol. The van der Waals surface area contributed by atoms with E-state index in [2.05, 4.69) is 44.9 Å². The van der Waals surface area contributed by atoms with Crippen molar-refractivity contribution in [2.45, 2.75) is 44.4 Å². The van der Waals surface area contributed by atoms with Crippen LogP contribution in [0.15, 0.2) is 36.7 Å². The Kier molecular flexibility index (Phi) is 6.33. The Morgan fingerprint density at radius 1 is 1.18 bits per heavy atom. The number of fused-ring (bicyclic) bond motifs is 1. The summed E-state index contributed by atoms with van der Waals surface area (Å²) in [5.74, 6) is 1.14. The van der Waals surface area contributed by atoms with Gasteiger partial charge in [-0.25, -0.2) is 18.4 Å². The molecule has 0 bridgehead atoms. The third-order valence-corrected chi connectivity index (χ3v) is 10.4. The van der Waals surface area contributed by atoms with Crippen LogP contribution in [0.3, 0.4) is 0 Å². The van der Waals surface area contributed by atoms with Gasteiger partial charge >= 0.3 is 0 Å². The van der Waals surface area contributed by atoms with Gasteiger partial charge in [0.25, 0.3) is 5.91 Å². The molecule has 1 aromatic carbocycles. The first kappa shape index (κ1) is 23.2. The lowest BCUT2D eigenvalue weighted by Crippen LogP contribution is -2.39. The lowest BCUT2D eigenvalue weighted by Gasteiger charge is -2.30. The topological polar surface area (TPSA) is 101 Å². The van der Waals surface area contributed by atoms with Crippen molar-refractivity contribution in [3.63, 3.8) is 0 Å². The Balaban J connectivity index is 1.33. The Morgan fingerprint density at radius 3 is 2.65 bits per heavy atom. The van der Waals surface area contributed by atoms with E-state index in [4.69, 9.17) is 0 Å². The summed E-state index contributed by atoms with van der Waals surface area (Å²) in [6, 6.07) is 10.5. The average Bonchev–Trinajstić information content (AvgIpc) is 3.55. The number of carbonyl (C=O) groups excluding carboxylic acids is 1. The van der Waals surface area contributed by atoms with Crippen molar-refractivity contribution in [1.29, 1.82) is 0 Å². The molecule has 7 nitrogen and oxygen atoms in total. The number of benzene rings is 1. The minimum absolute atomic E-state index is 0.00432. The van der Waals surface area contributed by atoms with Crippen molar-refractivity contribution in [1.82, 2.24) is 15.3 Å². The summed E-state index contributed by atoms with van der Waals surface area (Å²) in [5, 5.41) is 7.39. The number of hydrogen-bond acceptors (Lipinski definition) is 7. The molecule has 0 radical (unpaired) electrons. The van der Waals surface area contributed by atoms with Crippen LogP contribution < -0.4 is 10.6 Å². The Hall–Kier alpha value is -2.52. The van der Waals surface area contributed by atoms with Crippen LogP contribution in [0.25, 0.3) is 10.2 Å². The second-order valence-electron chi connectivity index (χ2n) is 9.64. The van der Waals surface area contributed by atoms with E-state index in [0.717, 1.165) is 28.6 Å². The van der Waals surface area contributed by atoms with E-state index in [-0.39, 0.29) is 28.7 Å². The molecule has 0 spiro atoms. The van der Waals surface area contributed by atoms with E-state index in [9.17, 15) is 13.2 Å². The number of thiophene rings is 1. The number of aryl methyl sites for hydroxylation is 1. The largest absolute Gasteiger partial charge is 0.369 e. The molecule has 2 aliphatic rings. The van der Waals surface area contributed by atoms with Crippen LogP contribution in [0.4, 0.5) is 5.82 Å². The fourth-order valence-electron chi connectivity index (χ4n) is 5.44. The molecule has 3 heterocycles. The van der Waals surface area contributed by atoms with Crippen LogP contribution in [-0.2, 0) is 15.3 Å². The van der Waals surface area contributed by atoms with Crippen LogP contribution in [0.5, 0.6) is 0 Å². The third-order valence-electron chi connectivity index (χ3n) is 7.35. The molecule has 2 N–H and O–H groups in total. The molecular formula is C25H30N4O3S2. The normalized spacial score (nSPS) is 21.0. The molecule has 1 aliphatic carbocycles. The molecule has 1 saturated heterocycles. The molecule has 1 saturated carbocycles. The van der Waals surface area contributed by atoms with Crippen molar-refractivity contribution < 1.29 is 13.2 Å². The van der Waals surface area contributed by atoms with Gasteiger partial charge in [0.05, 0.1) is 21.8 Å². The van der Waals surface area contributed by atoms with Gasteiger partial charge in [0.1, 0.15) is 17.0 Å². The molecule has 0 unspecified atom stereocenters. The number of rotatable bonds is 7. The van der Waals surface area contributed by atoms with Gasteiger partial charge < -0.3 is 10.6 Å². The maximum atomic E-state index is 13.3. The molecule has 1 amide bonds. The first-order valence-electron chi connectivity index (χ1n) is 11.9. The Bertz CT molecular complexity index is 1300. The highest BCUT2D eigenvalue weighted by molar-refractivity contribution is 7.91. The molecule has 180 valence electrons. The second-order valence-corrected chi connectivity index (χ2v) is 12.9. The minimum atomic E-state index is -2.92. The molecule has 1 atom stereocenters. The summed E-state index contributed by atoms with van der Waals surface area (Å²) in [7, 11) is -2.92. The van der Waals surface area contributed by atoms with E-state index in [1.54, 1.807) is 0 Å². The summed E-state index contributed by atoms with van der Waals surface area (Å²) in [5.41, 5.74) is 2.15.